The summed E-state index contributed by atoms with van der Waals surface area (Å²) < 4.78 is 2.19. The van der Waals surface area contributed by atoms with Gasteiger partial charge in [-0.15, -0.1) is 0 Å². The van der Waals surface area contributed by atoms with Crippen molar-refractivity contribution < 1.29 is 0 Å². The highest BCUT2D eigenvalue weighted by atomic mass is 15.0. The van der Waals surface area contributed by atoms with Gasteiger partial charge in [-0.3, -0.25) is 4.40 Å². The average Bonchev–Trinajstić information content (AvgIpc) is 3.11. The lowest BCUT2D eigenvalue weighted by Crippen LogP contribution is -1.93. The third-order valence-corrected chi connectivity index (χ3v) is 5.32. The van der Waals surface area contributed by atoms with Gasteiger partial charge in [-0.2, -0.15) is 0 Å². The third-order valence-electron chi connectivity index (χ3n) is 5.32. The summed E-state index contributed by atoms with van der Waals surface area (Å²) in [5.41, 5.74) is 8.80. The van der Waals surface area contributed by atoms with E-state index in [9.17, 15) is 0 Å². The van der Waals surface area contributed by atoms with Gasteiger partial charge < -0.3 is 0 Å². The first-order valence-corrected chi connectivity index (χ1v) is 8.99. The minimum Gasteiger partial charge on any atom is -0.299 e. The molecular weight excluding hydrogens is 316 g/mol. The van der Waals surface area contributed by atoms with Crippen LogP contribution in [0.1, 0.15) is 16.7 Å². The molecule has 2 heterocycles. The number of hydrogen-bond donors (Lipinski definition) is 0. The molecule has 2 aromatic heterocycles. The van der Waals surface area contributed by atoms with Crippen molar-refractivity contribution in [1.82, 2.24) is 9.38 Å². The zero-order chi connectivity index (χ0) is 17.8. The van der Waals surface area contributed by atoms with Gasteiger partial charge in [-0.05, 0) is 60.5 Å². The van der Waals surface area contributed by atoms with E-state index in [0.29, 0.717) is 0 Å². The van der Waals surface area contributed by atoms with E-state index in [2.05, 4.69) is 84.8 Å². The molecule has 0 bridgehead atoms. The molecule has 5 aromatic rings. The molecule has 26 heavy (non-hydrogen) atoms. The number of pyridine rings is 1. The van der Waals surface area contributed by atoms with Crippen molar-refractivity contribution >= 4 is 27.3 Å². The third kappa shape index (κ3) is 2.08. The molecule has 0 amide bonds. The zero-order valence-corrected chi connectivity index (χ0v) is 15.2. The minimum absolute atomic E-state index is 1.02. The van der Waals surface area contributed by atoms with Crippen molar-refractivity contribution in [3.8, 4) is 11.1 Å². The standard InChI is InChI=1S/C24H20N2/c1-15-12-16(2)23(17(3)13-15)18-8-9-22-21(14-18)19-6-4-5-7-20(19)24-25-10-11-26(22)24/h4-14H,1-3H3. The number of benzene rings is 3. The Bertz CT molecular complexity index is 1290. The van der Waals surface area contributed by atoms with E-state index in [4.69, 9.17) is 0 Å². The molecule has 3 aromatic carbocycles. The van der Waals surface area contributed by atoms with Crippen molar-refractivity contribution in [3.05, 3.63) is 83.7 Å². The summed E-state index contributed by atoms with van der Waals surface area (Å²) in [7, 11) is 0. The van der Waals surface area contributed by atoms with Crippen molar-refractivity contribution in [2.75, 3.05) is 0 Å². The fraction of sp³-hybridized carbons (Fsp3) is 0.125. The predicted molar refractivity (Wildman–Crippen MR) is 110 cm³/mol. The molecule has 0 unspecified atom stereocenters. The lowest BCUT2D eigenvalue weighted by molar-refractivity contribution is 1.27. The first-order valence-electron chi connectivity index (χ1n) is 8.99. The molecule has 0 saturated carbocycles. The average molecular weight is 336 g/mol. The molecular formula is C24H20N2. The van der Waals surface area contributed by atoms with Gasteiger partial charge >= 0.3 is 0 Å². The van der Waals surface area contributed by atoms with E-state index in [1.54, 1.807) is 0 Å². The molecule has 2 heteroatoms. The molecule has 0 radical (unpaired) electrons. The number of fused-ring (bicyclic) bond motifs is 6. The normalized spacial score (nSPS) is 11.7. The van der Waals surface area contributed by atoms with Crippen LogP contribution in [0.25, 0.3) is 38.4 Å². The summed E-state index contributed by atoms with van der Waals surface area (Å²) in [5, 5.41) is 3.72. The Hall–Kier alpha value is -3.13. The second kappa shape index (κ2) is 5.43. The Morgan fingerprint density at radius 3 is 2.27 bits per heavy atom. The largest absolute Gasteiger partial charge is 0.299 e. The number of imidazole rings is 1. The lowest BCUT2D eigenvalue weighted by atomic mass is 9.92. The van der Waals surface area contributed by atoms with Gasteiger partial charge in [0.05, 0.1) is 5.52 Å². The first kappa shape index (κ1) is 15.2. The van der Waals surface area contributed by atoms with Crippen molar-refractivity contribution in [1.29, 1.82) is 0 Å². The van der Waals surface area contributed by atoms with Crippen LogP contribution in [-0.2, 0) is 0 Å². The molecule has 0 atom stereocenters. The van der Waals surface area contributed by atoms with Gasteiger partial charge in [-0.25, -0.2) is 4.98 Å². The monoisotopic (exact) mass is 336 g/mol. The molecule has 0 aliphatic heterocycles. The molecule has 5 rings (SSSR count). The van der Waals surface area contributed by atoms with Crippen molar-refractivity contribution in [3.63, 3.8) is 0 Å². The molecule has 0 aliphatic rings. The minimum atomic E-state index is 1.02. The van der Waals surface area contributed by atoms with Crippen LogP contribution in [0.5, 0.6) is 0 Å². The Labute approximate surface area is 152 Å². The van der Waals surface area contributed by atoms with Crippen molar-refractivity contribution in [2.24, 2.45) is 0 Å². The number of nitrogens with zero attached hydrogens (tertiary/aromatic N) is 2. The van der Waals surface area contributed by atoms with Crippen LogP contribution < -0.4 is 0 Å². The lowest BCUT2D eigenvalue weighted by Gasteiger charge is -2.14. The maximum atomic E-state index is 4.58. The first-order chi connectivity index (χ1) is 12.6. The van der Waals surface area contributed by atoms with Gasteiger partial charge in [0.2, 0.25) is 0 Å². The van der Waals surface area contributed by atoms with E-state index in [0.717, 1.165) is 5.65 Å². The molecule has 2 nitrogen and oxygen atoms in total. The summed E-state index contributed by atoms with van der Waals surface area (Å²) in [6.45, 7) is 6.57. The van der Waals surface area contributed by atoms with Crippen LogP contribution in [0.4, 0.5) is 0 Å². The second-order valence-corrected chi connectivity index (χ2v) is 7.17. The highest BCUT2D eigenvalue weighted by Crippen LogP contribution is 2.34. The van der Waals surface area contributed by atoms with Gasteiger partial charge in [0, 0.05) is 23.2 Å². The SMILES string of the molecule is Cc1cc(C)c(-c2ccc3c(c2)c2ccccc2c2nccn32)c(C)c1. The Balaban J connectivity index is 1.92. The number of aromatic nitrogens is 2. The van der Waals surface area contributed by atoms with E-state index in [1.165, 1.54) is 49.5 Å². The fourth-order valence-electron chi connectivity index (χ4n) is 4.36. The molecule has 0 N–H and O–H groups in total. The van der Waals surface area contributed by atoms with Gasteiger partial charge in [-0.1, -0.05) is 48.0 Å². The molecule has 0 saturated heterocycles. The molecule has 0 aliphatic carbocycles. The van der Waals surface area contributed by atoms with Crippen molar-refractivity contribution in [2.45, 2.75) is 20.8 Å². The molecule has 0 fully saturated rings. The smallest absolute Gasteiger partial charge is 0.145 e. The van der Waals surface area contributed by atoms with Crippen LogP contribution in [0.3, 0.4) is 0 Å². The second-order valence-electron chi connectivity index (χ2n) is 7.17. The predicted octanol–water partition coefficient (Wildman–Crippen LogP) is 6.23. The summed E-state index contributed by atoms with van der Waals surface area (Å²) in [5.74, 6) is 0. The summed E-state index contributed by atoms with van der Waals surface area (Å²) in [6, 6.07) is 19.9. The van der Waals surface area contributed by atoms with Crippen LogP contribution >= 0.6 is 0 Å². The summed E-state index contributed by atoms with van der Waals surface area (Å²) in [4.78, 5) is 4.58. The van der Waals surface area contributed by atoms with Gasteiger partial charge in [0.25, 0.3) is 0 Å². The zero-order valence-electron chi connectivity index (χ0n) is 15.2. The summed E-state index contributed by atoms with van der Waals surface area (Å²) in [6.07, 6.45) is 3.93. The molecule has 0 spiro atoms. The van der Waals surface area contributed by atoms with Crippen LogP contribution in [0, 0.1) is 20.8 Å². The van der Waals surface area contributed by atoms with Crippen LogP contribution in [-0.4, -0.2) is 9.38 Å². The van der Waals surface area contributed by atoms with E-state index < -0.39 is 0 Å². The van der Waals surface area contributed by atoms with E-state index >= 15 is 0 Å². The van der Waals surface area contributed by atoms with Gasteiger partial charge in [0.1, 0.15) is 5.65 Å². The Morgan fingerprint density at radius 1 is 0.769 bits per heavy atom. The fourth-order valence-corrected chi connectivity index (χ4v) is 4.36. The van der Waals surface area contributed by atoms with Gasteiger partial charge in [0.15, 0.2) is 0 Å². The molecule has 126 valence electrons. The number of hydrogen-bond acceptors (Lipinski definition) is 1. The Morgan fingerprint density at radius 2 is 1.50 bits per heavy atom. The Kier molecular flexibility index (Phi) is 3.17. The highest BCUT2D eigenvalue weighted by molar-refractivity contribution is 6.12. The van der Waals surface area contributed by atoms with E-state index in [1.807, 2.05) is 12.4 Å². The number of rotatable bonds is 1. The van der Waals surface area contributed by atoms with Crippen LogP contribution in [0.15, 0.2) is 67.0 Å². The maximum absolute atomic E-state index is 4.58. The summed E-state index contributed by atoms with van der Waals surface area (Å²) >= 11 is 0. The maximum Gasteiger partial charge on any atom is 0.145 e. The van der Waals surface area contributed by atoms with E-state index in [-0.39, 0.29) is 0 Å². The number of aryl methyl sites for hydroxylation is 3. The highest BCUT2D eigenvalue weighted by Gasteiger charge is 2.12. The van der Waals surface area contributed by atoms with Crippen LogP contribution in [0.2, 0.25) is 0 Å². The topological polar surface area (TPSA) is 17.3 Å². The quantitative estimate of drug-likeness (QED) is 0.332.